The maximum absolute atomic E-state index is 12.6. The maximum Gasteiger partial charge on any atom is 0.187 e. The average molecular weight is 344 g/mol. The van der Waals surface area contributed by atoms with Gasteiger partial charge >= 0.3 is 0 Å². The number of carbonyl (C=O) groups is 1. The molecule has 0 amide bonds. The maximum atomic E-state index is 12.6. The van der Waals surface area contributed by atoms with Gasteiger partial charge in [0.05, 0.1) is 18.8 Å². The van der Waals surface area contributed by atoms with Gasteiger partial charge in [0.25, 0.3) is 0 Å². The second kappa shape index (κ2) is 7.99. The zero-order chi connectivity index (χ0) is 18.4. The van der Waals surface area contributed by atoms with Crippen molar-refractivity contribution >= 4 is 5.78 Å². The Morgan fingerprint density at radius 2 is 1.92 bits per heavy atom. The van der Waals surface area contributed by atoms with Crippen LogP contribution in [0.5, 0.6) is 11.5 Å². The van der Waals surface area contributed by atoms with Gasteiger partial charge in [-0.1, -0.05) is 12.8 Å². The van der Waals surface area contributed by atoms with Crippen molar-refractivity contribution in [2.24, 2.45) is 0 Å². The monoisotopic (exact) mass is 344 g/mol. The summed E-state index contributed by atoms with van der Waals surface area (Å²) >= 11 is 0. The summed E-state index contributed by atoms with van der Waals surface area (Å²) in [6.07, 6.45) is 12.2. The minimum atomic E-state index is -0.143. The summed E-state index contributed by atoms with van der Waals surface area (Å²) in [5.74, 6) is 3.37. The van der Waals surface area contributed by atoms with E-state index in [0.717, 1.165) is 5.69 Å². The number of aryl methyl sites for hydroxylation is 1. The molecule has 0 bridgehead atoms. The Balaban J connectivity index is 1.82. The van der Waals surface area contributed by atoms with Crippen LogP contribution in [0.1, 0.15) is 34.4 Å². The third-order valence-electron chi connectivity index (χ3n) is 3.61. The van der Waals surface area contributed by atoms with E-state index in [-0.39, 0.29) is 12.2 Å². The molecule has 0 spiro atoms. The van der Waals surface area contributed by atoms with Crippen LogP contribution in [0.4, 0.5) is 0 Å². The van der Waals surface area contributed by atoms with Gasteiger partial charge < -0.3 is 4.74 Å². The zero-order valence-electron chi connectivity index (χ0n) is 14.2. The number of aromatic nitrogens is 4. The van der Waals surface area contributed by atoms with Crippen LogP contribution in [0.15, 0.2) is 49.2 Å². The van der Waals surface area contributed by atoms with Crippen molar-refractivity contribution in [3.63, 3.8) is 0 Å². The molecule has 0 saturated heterocycles. The van der Waals surface area contributed by atoms with Crippen molar-refractivity contribution in [2.45, 2.75) is 19.8 Å². The van der Waals surface area contributed by atoms with E-state index in [1.54, 1.807) is 42.9 Å². The molecule has 0 fully saturated rings. The SMILES string of the molecule is C#Cc1ccc(CC(=O)c2cc(Oc3cncnc3)cc(CC)n2)nc1. The normalized spacial score (nSPS) is 10.2. The first-order valence-electron chi connectivity index (χ1n) is 8.06. The number of terminal acetylenes is 1. The molecule has 128 valence electrons. The fourth-order valence-electron chi connectivity index (χ4n) is 2.29. The van der Waals surface area contributed by atoms with E-state index in [0.29, 0.717) is 34.9 Å². The van der Waals surface area contributed by atoms with Gasteiger partial charge in [-0.3, -0.25) is 9.78 Å². The standard InChI is InChI=1S/C20H16N4O2/c1-3-14-5-6-16(23-10-14)8-20(25)19-9-17(7-15(4-2)24-19)26-18-11-21-13-22-12-18/h1,5-7,9-13H,4,8H2,2H3. The minimum absolute atomic E-state index is 0.138. The zero-order valence-corrected chi connectivity index (χ0v) is 14.2. The first-order valence-corrected chi connectivity index (χ1v) is 8.06. The van der Waals surface area contributed by atoms with Crippen LogP contribution in [0.25, 0.3) is 0 Å². The van der Waals surface area contributed by atoms with Crippen molar-refractivity contribution < 1.29 is 9.53 Å². The van der Waals surface area contributed by atoms with Gasteiger partial charge in [0, 0.05) is 35.3 Å². The third-order valence-corrected chi connectivity index (χ3v) is 3.61. The quantitative estimate of drug-likeness (QED) is 0.505. The molecule has 0 aliphatic heterocycles. The number of hydrogen-bond acceptors (Lipinski definition) is 6. The van der Waals surface area contributed by atoms with E-state index >= 15 is 0 Å². The number of nitrogens with zero attached hydrogens (tertiary/aromatic N) is 4. The van der Waals surface area contributed by atoms with Gasteiger partial charge in [0.15, 0.2) is 11.5 Å². The van der Waals surface area contributed by atoms with Crippen LogP contribution in [-0.4, -0.2) is 25.7 Å². The number of ether oxygens (including phenoxy) is 1. The van der Waals surface area contributed by atoms with E-state index in [9.17, 15) is 4.79 Å². The van der Waals surface area contributed by atoms with Crippen molar-refractivity contribution in [3.05, 3.63) is 71.8 Å². The number of pyridine rings is 2. The molecule has 0 saturated carbocycles. The number of carbonyl (C=O) groups excluding carboxylic acids is 1. The lowest BCUT2D eigenvalue weighted by atomic mass is 10.1. The average Bonchev–Trinajstić information content (AvgIpc) is 2.69. The van der Waals surface area contributed by atoms with E-state index in [1.807, 2.05) is 6.92 Å². The molecule has 6 heteroatoms. The second-order valence-electron chi connectivity index (χ2n) is 5.49. The summed E-state index contributed by atoms with van der Waals surface area (Å²) in [5.41, 5.74) is 2.40. The summed E-state index contributed by atoms with van der Waals surface area (Å²) in [4.78, 5) is 29.0. The molecule has 0 atom stereocenters. The topological polar surface area (TPSA) is 77.9 Å². The fourth-order valence-corrected chi connectivity index (χ4v) is 2.29. The summed E-state index contributed by atoms with van der Waals surface area (Å²) in [5, 5.41) is 0. The van der Waals surface area contributed by atoms with Gasteiger partial charge in [-0.05, 0) is 18.6 Å². The smallest absolute Gasteiger partial charge is 0.187 e. The summed E-state index contributed by atoms with van der Waals surface area (Å²) in [6.45, 7) is 1.96. The minimum Gasteiger partial charge on any atom is -0.454 e. The van der Waals surface area contributed by atoms with Gasteiger partial charge in [0.1, 0.15) is 17.8 Å². The predicted molar refractivity (Wildman–Crippen MR) is 95.9 cm³/mol. The molecule has 3 rings (SSSR count). The highest BCUT2D eigenvalue weighted by atomic mass is 16.5. The Morgan fingerprint density at radius 3 is 2.58 bits per heavy atom. The molecule has 3 heterocycles. The molecule has 26 heavy (non-hydrogen) atoms. The van der Waals surface area contributed by atoms with Crippen molar-refractivity contribution in [1.29, 1.82) is 0 Å². The first kappa shape index (κ1) is 17.2. The molecule has 0 aromatic carbocycles. The molecular formula is C20H16N4O2. The van der Waals surface area contributed by atoms with E-state index in [4.69, 9.17) is 11.2 Å². The van der Waals surface area contributed by atoms with Crippen molar-refractivity contribution in [1.82, 2.24) is 19.9 Å². The van der Waals surface area contributed by atoms with Gasteiger partial charge in [-0.25, -0.2) is 15.0 Å². The first-order chi connectivity index (χ1) is 12.7. The highest BCUT2D eigenvalue weighted by Crippen LogP contribution is 2.22. The molecule has 3 aromatic rings. The molecule has 0 unspecified atom stereocenters. The predicted octanol–water partition coefficient (Wildman–Crippen LogP) is 3.03. The van der Waals surface area contributed by atoms with Crippen LogP contribution in [-0.2, 0) is 12.8 Å². The Hall–Kier alpha value is -3.59. The Morgan fingerprint density at radius 1 is 1.12 bits per heavy atom. The Labute approximate surface area is 151 Å². The van der Waals surface area contributed by atoms with Gasteiger partial charge in [0.2, 0.25) is 0 Å². The molecule has 0 radical (unpaired) electrons. The highest BCUT2D eigenvalue weighted by Gasteiger charge is 2.13. The van der Waals surface area contributed by atoms with E-state index < -0.39 is 0 Å². The van der Waals surface area contributed by atoms with Gasteiger partial charge in [-0.2, -0.15) is 0 Å². The number of Topliss-reactive ketones (excluding diaryl/α,β-unsaturated/α-hetero) is 1. The molecule has 0 aliphatic carbocycles. The number of ketones is 1. The molecule has 0 N–H and O–H groups in total. The van der Waals surface area contributed by atoms with Crippen LogP contribution in [0, 0.1) is 12.3 Å². The summed E-state index contributed by atoms with van der Waals surface area (Å²) in [6, 6.07) is 6.92. The molecule has 0 aliphatic rings. The largest absolute Gasteiger partial charge is 0.454 e. The van der Waals surface area contributed by atoms with Crippen LogP contribution >= 0.6 is 0 Å². The molecular weight excluding hydrogens is 328 g/mol. The fraction of sp³-hybridized carbons (Fsp3) is 0.150. The van der Waals surface area contributed by atoms with E-state index in [1.165, 1.54) is 6.33 Å². The van der Waals surface area contributed by atoms with Crippen LogP contribution in [0.3, 0.4) is 0 Å². The summed E-state index contributed by atoms with van der Waals surface area (Å²) < 4.78 is 5.74. The lowest BCUT2D eigenvalue weighted by molar-refractivity contribution is 0.0986. The lowest BCUT2D eigenvalue weighted by Gasteiger charge is -2.09. The van der Waals surface area contributed by atoms with Crippen molar-refractivity contribution in [2.75, 3.05) is 0 Å². The molecule has 3 aromatic heterocycles. The Bertz CT molecular complexity index is 948. The summed E-state index contributed by atoms with van der Waals surface area (Å²) in [7, 11) is 0. The lowest BCUT2D eigenvalue weighted by Crippen LogP contribution is -2.09. The van der Waals surface area contributed by atoms with Crippen molar-refractivity contribution in [3.8, 4) is 23.8 Å². The van der Waals surface area contributed by atoms with Crippen LogP contribution < -0.4 is 4.74 Å². The molecule has 6 nitrogen and oxygen atoms in total. The number of rotatable bonds is 6. The van der Waals surface area contributed by atoms with Gasteiger partial charge in [-0.15, -0.1) is 6.42 Å². The van der Waals surface area contributed by atoms with Crippen LogP contribution in [0.2, 0.25) is 0 Å². The highest BCUT2D eigenvalue weighted by molar-refractivity contribution is 5.96. The number of hydrogen-bond donors (Lipinski definition) is 0. The third kappa shape index (κ3) is 4.28. The Kier molecular flexibility index (Phi) is 5.30. The van der Waals surface area contributed by atoms with E-state index in [2.05, 4.69) is 25.9 Å². The second-order valence-corrected chi connectivity index (χ2v) is 5.49.